The van der Waals surface area contributed by atoms with Crippen LogP contribution in [-0.4, -0.2) is 12.6 Å². The highest BCUT2D eigenvalue weighted by molar-refractivity contribution is 6.30. The molecule has 1 aliphatic rings. The molecule has 1 aromatic rings. The minimum Gasteiger partial charge on any atom is -0.314 e. The first kappa shape index (κ1) is 10.0. The van der Waals surface area contributed by atoms with Crippen molar-refractivity contribution >= 4 is 11.6 Å². The van der Waals surface area contributed by atoms with Crippen LogP contribution in [-0.2, 0) is 6.42 Å². The van der Waals surface area contributed by atoms with Crippen molar-refractivity contribution in [2.75, 3.05) is 6.54 Å². The lowest BCUT2D eigenvalue weighted by atomic mass is 10.0. The first-order chi connectivity index (χ1) is 6.84. The molecule has 0 saturated carbocycles. The van der Waals surface area contributed by atoms with Gasteiger partial charge in [0.2, 0.25) is 0 Å². The van der Waals surface area contributed by atoms with Gasteiger partial charge in [0.1, 0.15) is 0 Å². The summed E-state index contributed by atoms with van der Waals surface area (Å²) in [6.45, 7) is 1.20. The average Bonchev–Trinajstić information content (AvgIpc) is 2.70. The lowest BCUT2D eigenvalue weighted by Crippen LogP contribution is -2.21. The molecular weight excluding hydrogens is 194 g/mol. The fourth-order valence-electron chi connectivity index (χ4n) is 2.00. The summed E-state index contributed by atoms with van der Waals surface area (Å²) in [4.78, 5) is 0. The first-order valence-corrected chi connectivity index (χ1v) is 5.70. The molecule has 0 spiro atoms. The van der Waals surface area contributed by atoms with Gasteiger partial charge in [0, 0.05) is 11.1 Å². The highest BCUT2D eigenvalue weighted by Gasteiger charge is 2.13. The van der Waals surface area contributed by atoms with Crippen molar-refractivity contribution in [3.8, 4) is 0 Å². The van der Waals surface area contributed by atoms with Gasteiger partial charge in [-0.2, -0.15) is 0 Å². The van der Waals surface area contributed by atoms with Crippen LogP contribution in [0.4, 0.5) is 0 Å². The minimum absolute atomic E-state index is 0.741. The van der Waals surface area contributed by atoms with E-state index in [1.807, 2.05) is 12.1 Å². The zero-order valence-corrected chi connectivity index (χ0v) is 9.06. The Hall–Kier alpha value is -0.530. The summed E-state index contributed by atoms with van der Waals surface area (Å²) in [6, 6.07) is 8.93. The molecule has 0 bridgehead atoms. The lowest BCUT2D eigenvalue weighted by molar-refractivity contribution is 0.559. The summed E-state index contributed by atoms with van der Waals surface area (Å²) >= 11 is 5.83. The Labute approximate surface area is 90.5 Å². The van der Waals surface area contributed by atoms with Crippen LogP contribution < -0.4 is 5.32 Å². The average molecular weight is 210 g/mol. The van der Waals surface area contributed by atoms with Crippen molar-refractivity contribution in [2.45, 2.75) is 31.7 Å². The molecule has 0 radical (unpaired) electrons. The van der Waals surface area contributed by atoms with E-state index in [4.69, 9.17) is 11.6 Å². The van der Waals surface area contributed by atoms with Crippen LogP contribution >= 0.6 is 11.6 Å². The molecule has 0 aromatic heterocycles. The zero-order chi connectivity index (χ0) is 9.80. The van der Waals surface area contributed by atoms with Gasteiger partial charge in [0.05, 0.1) is 0 Å². The van der Waals surface area contributed by atoms with Crippen molar-refractivity contribution in [3.63, 3.8) is 0 Å². The van der Waals surface area contributed by atoms with E-state index in [0.29, 0.717) is 0 Å². The fourth-order valence-corrected chi connectivity index (χ4v) is 2.12. The van der Waals surface area contributed by atoms with E-state index >= 15 is 0 Å². The molecule has 1 saturated heterocycles. The molecule has 1 aromatic carbocycles. The predicted molar refractivity (Wildman–Crippen MR) is 60.8 cm³/mol. The van der Waals surface area contributed by atoms with Gasteiger partial charge in [-0.05, 0) is 49.9 Å². The number of aryl methyl sites for hydroxylation is 1. The maximum Gasteiger partial charge on any atom is 0.0406 e. The van der Waals surface area contributed by atoms with E-state index < -0.39 is 0 Å². The van der Waals surface area contributed by atoms with Gasteiger partial charge in [-0.3, -0.25) is 0 Å². The summed E-state index contributed by atoms with van der Waals surface area (Å²) in [7, 11) is 0. The van der Waals surface area contributed by atoms with Crippen molar-refractivity contribution in [1.29, 1.82) is 0 Å². The summed E-state index contributed by atoms with van der Waals surface area (Å²) in [5, 5.41) is 4.34. The molecule has 0 aliphatic carbocycles. The number of hydrogen-bond acceptors (Lipinski definition) is 1. The monoisotopic (exact) mass is 209 g/mol. The third kappa shape index (κ3) is 2.73. The van der Waals surface area contributed by atoms with Gasteiger partial charge in [-0.1, -0.05) is 23.7 Å². The summed E-state index contributed by atoms with van der Waals surface area (Å²) in [6.07, 6.45) is 5.09. The molecule has 0 amide bonds. The number of nitrogens with one attached hydrogen (secondary N) is 1. The highest BCUT2D eigenvalue weighted by Crippen LogP contribution is 2.14. The van der Waals surface area contributed by atoms with Crippen LogP contribution in [0.2, 0.25) is 5.02 Å². The second-order valence-electron chi connectivity index (χ2n) is 3.96. The highest BCUT2D eigenvalue weighted by atomic mass is 35.5. The maximum absolute atomic E-state index is 5.83. The van der Waals surface area contributed by atoms with E-state index in [0.717, 1.165) is 17.5 Å². The Morgan fingerprint density at radius 2 is 2.07 bits per heavy atom. The Morgan fingerprint density at radius 3 is 2.71 bits per heavy atom. The molecule has 1 fully saturated rings. The third-order valence-corrected chi connectivity index (χ3v) is 3.11. The van der Waals surface area contributed by atoms with E-state index in [9.17, 15) is 0 Å². The Bertz CT molecular complexity index is 275. The summed E-state index contributed by atoms with van der Waals surface area (Å²) in [5.74, 6) is 0. The largest absolute Gasteiger partial charge is 0.314 e. The Morgan fingerprint density at radius 1 is 1.29 bits per heavy atom. The van der Waals surface area contributed by atoms with Crippen LogP contribution in [0.5, 0.6) is 0 Å². The molecule has 1 unspecified atom stereocenters. The molecule has 1 atom stereocenters. The molecule has 2 heteroatoms. The molecule has 1 nitrogen and oxygen atoms in total. The van der Waals surface area contributed by atoms with Gasteiger partial charge in [0.15, 0.2) is 0 Å². The summed E-state index contributed by atoms with van der Waals surface area (Å²) in [5.41, 5.74) is 1.39. The van der Waals surface area contributed by atoms with Crippen LogP contribution in [0.15, 0.2) is 24.3 Å². The van der Waals surface area contributed by atoms with Crippen LogP contribution in [0.25, 0.3) is 0 Å². The Kier molecular flexibility index (Phi) is 3.44. The fraction of sp³-hybridized carbons (Fsp3) is 0.500. The van der Waals surface area contributed by atoms with Gasteiger partial charge in [0.25, 0.3) is 0 Å². The number of hydrogen-bond donors (Lipinski definition) is 1. The number of rotatable bonds is 3. The molecule has 2 rings (SSSR count). The van der Waals surface area contributed by atoms with Gasteiger partial charge in [-0.25, -0.2) is 0 Å². The van der Waals surface area contributed by atoms with Crippen LogP contribution in [0.1, 0.15) is 24.8 Å². The smallest absolute Gasteiger partial charge is 0.0406 e. The van der Waals surface area contributed by atoms with E-state index in [1.165, 1.54) is 31.4 Å². The summed E-state index contributed by atoms with van der Waals surface area (Å²) < 4.78 is 0. The zero-order valence-electron chi connectivity index (χ0n) is 8.30. The van der Waals surface area contributed by atoms with Crippen LogP contribution in [0.3, 0.4) is 0 Å². The topological polar surface area (TPSA) is 12.0 Å². The number of halogens is 1. The van der Waals surface area contributed by atoms with Crippen LogP contribution in [0, 0.1) is 0 Å². The molecular formula is C12H16ClN. The van der Waals surface area contributed by atoms with Gasteiger partial charge >= 0.3 is 0 Å². The Balaban J connectivity index is 1.82. The molecule has 1 heterocycles. The predicted octanol–water partition coefficient (Wildman–Crippen LogP) is 3.02. The van der Waals surface area contributed by atoms with E-state index in [2.05, 4.69) is 17.4 Å². The second kappa shape index (κ2) is 4.81. The maximum atomic E-state index is 5.83. The minimum atomic E-state index is 0.741. The second-order valence-corrected chi connectivity index (χ2v) is 4.39. The molecule has 1 aliphatic heterocycles. The van der Waals surface area contributed by atoms with Crippen molar-refractivity contribution in [1.82, 2.24) is 5.32 Å². The molecule has 1 N–H and O–H groups in total. The molecule has 14 heavy (non-hydrogen) atoms. The number of benzene rings is 1. The van der Waals surface area contributed by atoms with E-state index in [1.54, 1.807) is 0 Å². The SMILES string of the molecule is Clc1ccc(CCC2CCCN2)cc1. The van der Waals surface area contributed by atoms with Crippen molar-refractivity contribution < 1.29 is 0 Å². The standard InChI is InChI=1S/C12H16ClN/c13-11-6-3-10(4-7-11)5-8-12-2-1-9-14-12/h3-4,6-7,12,14H,1-2,5,8-9H2. The van der Waals surface area contributed by atoms with Crippen molar-refractivity contribution in [2.24, 2.45) is 0 Å². The first-order valence-electron chi connectivity index (χ1n) is 5.32. The normalized spacial score (nSPS) is 21.4. The van der Waals surface area contributed by atoms with Crippen molar-refractivity contribution in [3.05, 3.63) is 34.9 Å². The van der Waals surface area contributed by atoms with E-state index in [-0.39, 0.29) is 0 Å². The van der Waals surface area contributed by atoms with Gasteiger partial charge < -0.3 is 5.32 Å². The van der Waals surface area contributed by atoms with Gasteiger partial charge in [-0.15, -0.1) is 0 Å². The quantitative estimate of drug-likeness (QED) is 0.807. The lowest BCUT2D eigenvalue weighted by Gasteiger charge is -2.09. The third-order valence-electron chi connectivity index (χ3n) is 2.86. The molecule has 76 valence electrons.